The maximum atomic E-state index is 6.09. The molecule has 0 aliphatic rings. The molecule has 0 atom stereocenters. The van der Waals surface area contributed by atoms with Crippen molar-refractivity contribution >= 4 is 50.7 Å². The molecule has 7 heteroatoms. The zero-order valence-electron chi connectivity index (χ0n) is 8.93. The number of hydrogen-bond donors (Lipinski definition) is 0. The Morgan fingerprint density at radius 2 is 1.82 bits per heavy atom. The van der Waals surface area contributed by atoms with E-state index in [4.69, 9.17) is 34.8 Å². The van der Waals surface area contributed by atoms with Crippen molar-refractivity contribution in [3.05, 3.63) is 37.1 Å². The fourth-order valence-electron chi connectivity index (χ4n) is 1.41. The highest BCUT2D eigenvalue weighted by Crippen LogP contribution is 2.30. The summed E-state index contributed by atoms with van der Waals surface area (Å²) in [7, 11) is 0. The average Bonchev–Trinajstić information content (AvgIpc) is 2.51. The van der Waals surface area contributed by atoms with Gasteiger partial charge in [-0.3, -0.25) is 0 Å². The molecule has 2 heterocycles. The second-order valence-corrected chi connectivity index (χ2v) is 5.43. The summed E-state index contributed by atoms with van der Waals surface area (Å²) >= 11 is 21.2. The van der Waals surface area contributed by atoms with Gasteiger partial charge < -0.3 is 0 Å². The predicted molar refractivity (Wildman–Crippen MR) is 73.6 cm³/mol. The van der Waals surface area contributed by atoms with Gasteiger partial charge in [-0.05, 0) is 35.8 Å². The lowest BCUT2D eigenvalue weighted by Crippen LogP contribution is -2.03. The first kappa shape index (κ1) is 13.1. The molecule has 3 nitrogen and oxygen atoms in total. The van der Waals surface area contributed by atoms with Crippen molar-refractivity contribution in [1.29, 1.82) is 0 Å². The average molecular weight is 355 g/mol. The monoisotopic (exact) mass is 353 g/mol. The molecule has 0 radical (unpaired) electrons. The Morgan fingerprint density at radius 3 is 2.35 bits per heavy atom. The summed E-state index contributed by atoms with van der Waals surface area (Å²) in [6.07, 6.45) is 0. The van der Waals surface area contributed by atoms with Gasteiger partial charge in [-0.2, -0.15) is 5.10 Å². The van der Waals surface area contributed by atoms with E-state index in [1.165, 1.54) is 0 Å². The molecular weight excluding hydrogens is 348 g/mol. The highest BCUT2D eigenvalue weighted by Gasteiger charge is 2.15. The molecule has 0 fully saturated rings. The van der Waals surface area contributed by atoms with Crippen molar-refractivity contribution in [2.75, 3.05) is 0 Å². The normalized spacial score (nSPS) is 10.9. The SMILES string of the molecule is Cc1nn(-c2nc(Cl)c(Cl)cc2Cl)c(C)c1Br. The third kappa shape index (κ3) is 2.32. The van der Waals surface area contributed by atoms with Gasteiger partial charge in [-0.25, -0.2) is 9.67 Å². The lowest BCUT2D eigenvalue weighted by molar-refractivity contribution is 0.806. The van der Waals surface area contributed by atoms with Crippen molar-refractivity contribution in [2.24, 2.45) is 0 Å². The number of halogens is 4. The van der Waals surface area contributed by atoms with E-state index < -0.39 is 0 Å². The smallest absolute Gasteiger partial charge is 0.174 e. The first-order chi connectivity index (χ1) is 7.91. The summed E-state index contributed by atoms with van der Waals surface area (Å²) < 4.78 is 2.55. The molecule has 90 valence electrons. The molecule has 2 aromatic rings. The molecule has 0 spiro atoms. The zero-order chi connectivity index (χ0) is 12.7. The number of aryl methyl sites for hydroxylation is 1. The van der Waals surface area contributed by atoms with Gasteiger partial charge in [0.25, 0.3) is 0 Å². The molecule has 2 rings (SSSR count). The quantitative estimate of drug-likeness (QED) is 0.700. The molecule has 0 saturated heterocycles. The van der Waals surface area contributed by atoms with Crippen molar-refractivity contribution in [3.63, 3.8) is 0 Å². The topological polar surface area (TPSA) is 30.7 Å². The predicted octanol–water partition coefficient (Wildman–Crippen LogP) is 4.61. The number of rotatable bonds is 1. The lowest BCUT2D eigenvalue weighted by atomic mass is 10.4. The van der Waals surface area contributed by atoms with E-state index in [9.17, 15) is 0 Å². The minimum atomic E-state index is 0.203. The van der Waals surface area contributed by atoms with Crippen molar-refractivity contribution in [1.82, 2.24) is 14.8 Å². The fraction of sp³-hybridized carbons (Fsp3) is 0.200. The van der Waals surface area contributed by atoms with E-state index in [-0.39, 0.29) is 5.15 Å². The molecule has 0 aliphatic carbocycles. The highest BCUT2D eigenvalue weighted by atomic mass is 79.9. The largest absolute Gasteiger partial charge is 0.217 e. The fourth-order valence-corrected chi connectivity index (χ4v) is 2.23. The van der Waals surface area contributed by atoms with Crippen LogP contribution in [0.2, 0.25) is 15.2 Å². The molecule has 0 aliphatic heterocycles. The standard InChI is InChI=1S/C10H7BrCl3N3/c1-4-8(11)5(2)17(16-4)10-7(13)3-6(12)9(14)15-10/h3H,1-2H3. The van der Waals surface area contributed by atoms with Gasteiger partial charge >= 0.3 is 0 Å². The summed E-state index contributed by atoms with van der Waals surface area (Å²) in [4.78, 5) is 4.14. The van der Waals surface area contributed by atoms with Gasteiger partial charge in [0, 0.05) is 0 Å². The third-order valence-electron chi connectivity index (χ3n) is 2.27. The molecule has 0 bridgehead atoms. The van der Waals surface area contributed by atoms with Gasteiger partial charge in [0.1, 0.15) is 5.15 Å². The summed E-state index contributed by atoms with van der Waals surface area (Å²) in [5.74, 6) is 0.465. The molecule has 0 N–H and O–H groups in total. The minimum absolute atomic E-state index is 0.203. The van der Waals surface area contributed by atoms with Crippen LogP contribution in [-0.4, -0.2) is 14.8 Å². The van der Waals surface area contributed by atoms with E-state index >= 15 is 0 Å². The molecule has 0 saturated carbocycles. The zero-order valence-corrected chi connectivity index (χ0v) is 12.8. The maximum Gasteiger partial charge on any atom is 0.174 e. The van der Waals surface area contributed by atoms with Crippen LogP contribution in [0.4, 0.5) is 0 Å². The Kier molecular flexibility index (Phi) is 3.69. The second-order valence-electron chi connectivity index (χ2n) is 3.46. The Morgan fingerprint density at radius 1 is 1.18 bits per heavy atom. The van der Waals surface area contributed by atoms with Crippen LogP contribution in [0, 0.1) is 13.8 Å². The number of pyridine rings is 1. The van der Waals surface area contributed by atoms with Gasteiger partial charge in [0.15, 0.2) is 5.82 Å². The third-order valence-corrected chi connectivity index (χ3v) is 4.37. The Hall–Kier alpha value is -0.290. The lowest BCUT2D eigenvalue weighted by Gasteiger charge is -2.07. The van der Waals surface area contributed by atoms with Crippen LogP contribution in [0.15, 0.2) is 10.5 Å². The number of nitrogens with zero attached hydrogens (tertiary/aromatic N) is 3. The summed E-state index contributed by atoms with van der Waals surface area (Å²) in [5.41, 5.74) is 1.75. The minimum Gasteiger partial charge on any atom is -0.217 e. The van der Waals surface area contributed by atoms with Crippen LogP contribution >= 0.6 is 50.7 Å². The Balaban J connectivity index is 2.68. The first-order valence-corrected chi connectivity index (χ1v) is 6.58. The molecule has 0 amide bonds. The van der Waals surface area contributed by atoms with Crippen molar-refractivity contribution in [3.8, 4) is 5.82 Å². The second kappa shape index (κ2) is 4.76. The van der Waals surface area contributed by atoms with Crippen LogP contribution in [0.5, 0.6) is 0 Å². The molecule has 2 aromatic heterocycles. The van der Waals surface area contributed by atoms with Gasteiger partial charge in [-0.1, -0.05) is 34.8 Å². The number of aromatic nitrogens is 3. The van der Waals surface area contributed by atoms with Crippen LogP contribution in [0.1, 0.15) is 11.4 Å². The Labute approximate surface area is 122 Å². The van der Waals surface area contributed by atoms with Crippen molar-refractivity contribution in [2.45, 2.75) is 13.8 Å². The first-order valence-electron chi connectivity index (χ1n) is 4.65. The van der Waals surface area contributed by atoms with Crippen LogP contribution in [0.3, 0.4) is 0 Å². The van der Waals surface area contributed by atoms with E-state index in [1.54, 1.807) is 10.7 Å². The molecule has 17 heavy (non-hydrogen) atoms. The molecular formula is C10H7BrCl3N3. The molecule has 0 aromatic carbocycles. The van der Waals surface area contributed by atoms with Crippen LogP contribution in [0.25, 0.3) is 5.82 Å². The maximum absolute atomic E-state index is 6.09. The number of hydrogen-bond acceptors (Lipinski definition) is 2. The van der Waals surface area contributed by atoms with E-state index in [0.29, 0.717) is 15.9 Å². The van der Waals surface area contributed by atoms with E-state index in [2.05, 4.69) is 26.0 Å². The van der Waals surface area contributed by atoms with E-state index in [0.717, 1.165) is 15.9 Å². The summed E-state index contributed by atoms with van der Waals surface area (Å²) in [5, 5.41) is 5.26. The summed E-state index contributed by atoms with van der Waals surface area (Å²) in [6.45, 7) is 3.80. The van der Waals surface area contributed by atoms with Gasteiger partial charge in [-0.15, -0.1) is 0 Å². The summed E-state index contributed by atoms with van der Waals surface area (Å²) in [6, 6.07) is 1.55. The van der Waals surface area contributed by atoms with Crippen LogP contribution in [-0.2, 0) is 0 Å². The van der Waals surface area contributed by atoms with Crippen LogP contribution < -0.4 is 0 Å². The van der Waals surface area contributed by atoms with E-state index in [1.807, 2.05) is 13.8 Å². The highest BCUT2D eigenvalue weighted by molar-refractivity contribution is 9.10. The van der Waals surface area contributed by atoms with Crippen molar-refractivity contribution < 1.29 is 0 Å². The Bertz CT molecular complexity index is 595. The molecule has 0 unspecified atom stereocenters. The van der Waals surface area contributed by atoms with Gasteiger partial charge in [0.05, 0.1) is 25.9 Å². The van der Waals surface area contributed by atoms with Gasteiger partial charge in [0.2, 0.25) is 0 Å².